The van der Waals surface area contributed by atoms with Crippen LogP contribution in [0.15, 0.2) is 85.1 Å². The Kier molecular flexibility index (Phi) is 6.84. The van der Waals surface area contributed by atoms with Crippen LogP contribution in [0.4, 0.5) is 0 Å². The van der Waals surface area contributed by atoms with E-state index in [2.05, 4.69) is 29.2 Å². The molecule has 3 aromatic rings. The van der Waals surface area contributed by atoms with Gasteiger partial charge >= 0.3 is 98.9 Å². The van der Waals surface area contributed by atoms with E-state index in [0.717, 1.165) is 0 Å². The number of aromatic carboxylic acids is 1. The molecule has 115 valence electrons. The van der Waals surface area contributed by atoms with Gasteiger partial charge in [0.15, 0.2) is 0 Å². The van der Waals surface area contributed by atoms with E-state index in [1.54, 1.807) is 12.1 Å². The van der Waals surface area contributed by atoms with Gasteiger partial charge < -0.3 is 5.11 Å². The summed E-state index contributed by atoms with van der Waals surface area (Å²) in [6.45, 7) is 0. The van der Waals surface area contributed by atoms with E-state index in [1.165, 1.54) is 21.1 Å². The van der Waals surface area contributed by atoms with Crippen LogP contribution in [0.1, 0.15) is 10.5 Å². The average Bonchev–Trinajstić information content (AvgIpc) is 2.64. The van der Waals surface area contributed by atoms with Crippen molar-refractivity contribution in [1.82, 2.24) is 4.98 Å². The third kappa shape index (κ3) is 5.54. The number of carboxylic acids is 1. The minimum atomic E-state index is -1.73. The van der Waals surface area contributed by atoms with Gasteiger partial charge in [-0.3, -0.25) is 0 Å². The Bertz CT molecular complexity index is 684. The molecule has 1 N–H and O–H groups in total. The molecule has 1 radical (unpaired) electrons. The van der Waals surface area contributed by atoms with Gasteiger partial charge in [-0.05, 0) is 12.1 Å². The number of halogens is 1. The molecule has 0 aliphatic carbocycles. The first-order valence-electron chi connectivity index (χ1n) is 6.96. The molecule has 0 spiro atoms. The van der Waals surface area contributed by atoms with Crippen molar-refractivity contribution in [2.45, 2.75) is 0 Å². The van der Waals surface area contributed by atoms with Crippen molar-refractivity contribution in [2.24, 2.45) is 0 Å². The predicted molar refractivity (Wildman–Crippen MR) is 95.0 cm³/mol. The molecule has 1 aromatic heterocycles. The maximum atomic E-state index is 10.1. The van der Waals surface area contributed by atoms with Gasteiger partial charge in [0.25, 0.3) is 0 Å². The van der Waals surface area contributed by atoms with Crippen LogP contribution >= 0.6 is 10.0 Å². The molecule has 0 aliphatic rings. The summed E-state index contributed by atoms with van der Waals surface area (Å²) in [5.74, 6) is -0.990. The molecular formula is C18H15ClGeNO2. The Morgan fingerprint density at radius 1 is 0.826 bits per heavy atom. The topological polar surface area (TPSA) is 50.2 Å². The third-order valence-electron chi connectivity index (χ3n) is 2.94. The standard InChI is InChI=1S/C12H10ClGe.C6H5NO2/c13-14(11-7-3-1-4-8-11)12-9-5-2-6-10-12;8-6(9)5-3-1-2-4-7-5/h1-10H;1-4H,(H,8,9). The molecule has 0 fully saturated rings. The second-order valence-electron chi connectivity index (χ2n) is 4.57. The van der Waals surface area contributed by atoms with Crippen LogP contribution < -0.4 is 8.79 Å². The number of benzene rings is 2. The molecule has 0 unspecified atom stereocenters. The first-order chi connectivity index (χ1) is 11.2. The molecule has 3 nitrogen and oxygen atoms in total. The van der Waals surface area contributed by atoms with Gasteiger partial charge in [0.2, 0.25) is 0 Å². The number of rotatable bonds is 3. The molecule has 0 atom stereocenters. The summed E-state index contributed by atoms with van der Waals surface area (Å²) in [7, 11) is 6.50. The van der Waals surface area contributed by atoms with Crippen LogP contribution in [0.5, 0.6) is 0 Å². The fourth-order valence-electron chi connectivity index (χ4n) is 1.82. The van der Waals surface area contributed by atoms with Crippen molar-refractivity contribution in [1.29, 1.82) is 0 Å². The number of carboxylic acid groups (broad SMARTS) is 1. The van der Waals surface area contributed by atoms with Gasteiger partial charge in [0.1, 0.15) is 5.69 Å². The van der Waals surface area contributed by atoms with Crippen LogP contribution in [-0.2, 0) is 0 Å². The van der Waals surface area contributed by atoms with Gasteiger partial charge in [0.05, 0.1) is 0 Å². The van der Waals surface area contributed by atoms with Crippen LogP contribution in [0, 0.1) is 0 Å². The Morgan fingerprint density at radius 3 is 1.65 bits per heavy atom. The molecule has 1 heterocycles. The van der Waals surface area contributed by atoms with E-state index in [-0.39, 0.29) is 5.69 Å². The molecule has 3 rings (SSSR count). The number of hydrogen-bond acceptors (Lipinski definition) is 2. The van der Waals surface area contributed by atoms with Gasteiger partial charge in [-0.25, -0.2) is 9.78 Å². The summed E-state index contributed by atoms with van der Waals surface area (Å²) in [6, 6.07) is 25.5. The fraction of sp³-hybridized carbons (Fsp3) is 0. The van der Waals surface area contributed by atoms with Crippen LogP contribution in [0.2, 0.25) is 0 Å². The molecule has 0 aliphatic heterocycles. The Balaban J connectivity index is 0.000000185. The number of carbonyl (C=O) groups is 1. The Hall–Kier alpha value is -2.11. The van der Waals surface area contributed by atoms with E-state index in [1.807, 2.05) is 36.4 Å². The van der Waals surface area contributed by atoms with Gasteiger partial charge in [0, 0.05) is 6.20 Å². The van der Waals surface area contributed by atoms with Crippen molar-refractivity contribution >= 4 is 38.2 Å². The zero-order valence-electron chi connectivity index (χ0n) is 12.3. The van der Waals surface area contributed by atoms with E-state index in [4.69, 9.17) is 15.1 Å². The molecule has 5 heteroatoms. The first-order valence-corrected chi connectivity index (χ1v) is 11.8. The van der Waals surface area contributed by atoms with Crippen molar-refractivity contribution in [2.75, 3.05) is 0 Å². The number of nitrogens with zero attached hydrogens (tertiary/aromatic N) is 1. The summed E-state index contributed by atoms with van der Waals surface area (Å²) >= 11 is -1.73. The SMILES string of the molecule is O=C(O)c1ccccn1.[Cl][Ge]([c]1ccccc1)[c]1ccccc1. The summed E-state index contributed by atoms with van der Waals surface area (Å²) in [6.07, 6.45) is 1.45. The summed E-state index contributed by atoms with van der Waals surface area (Å²) in [4.78, 5) is 13.7. The minimum absolute atomic E-state index is 0.0810. The zero-order valence-corrected chi connectivity index (χ0v) is 15.1. The normalized spacial score (nSPS) is 9.83. The number of aromatic nitrogens is 1. The predicted octanol–water partition coefficient (Wildman–Crippen LogP) is 2.81. The van der Waals surface area contributed by atoms with E-state index >= 15 is 0 Å². The van der Waals surface area contributed by atoms with Gasteiger partial charge in [-0.1, -0.05) is 6.07 Å². The van der Waals surface area contributed by atoms with E-state index in [0.29, 0.717) is 0 Å². The van der Waals surface area contributed by atoms with Crippen molar-refractivity contribution < 1.29 is 9.90 Å². The van der Waals surface area contributed by atoms with E-state index < -0.39 is 19.4 Å². The maximum absolute atomic E-state index is 10.1. The summed E-state index contributed by atoms with van der Waals surface area (Å²) < 4.78 is 2.61. The molecule has 0 amide bonds. The fourth-order valence-corrected chi connectivity index (χ4v) is 5.87. The molecule has 2 aromatic carbocycles. The monoisotopic (exact) mass is 386 g/mol. The Labute approximate surface area is 143 Å². The molecule has 23 heavy (non-hydrogen) atoms. The van der Waals surface area contributed by atoms with E-state index in [9.17, 15) is 4.79 Å². The number of hydrogen-bond donors (Lipinski definition) is 1. The van der Waals surface area contributed by atoms with Crippen LogP contribution in [-0.4, -0.2) is 29.5 Å². The zero-order chi connectivity index (χ0) is 16.5. The van der Waals surface area contributed by atoms with Crippen molar-refractivity contribution in [3.05, 3.63) is 90.8 Å². The Morgan fingerprint density at radius 2 is 1.30 bits per heavy atom. The van der Waals surface area contributed by atoms with Crippen LogP contribution in [0.3, 0.4) is 0 Å². The van der Waals surface area contributed by atoms with Gasteiger partial charge in [-0.2, -0.15) is 0 Å². The van der Waals surface area contributed by atoms with Crippen LogP contribution in [0.25, 0.3) is 0 Å². The molecule has 0 saturated heterocycles. The second-order valence-corrected chi connectivity index (χ2v) is 10.3. The summed E-state index contributed by atoms with van der Waals surface area (Å²) in [5, 5.41) is 8.32. The first kappa shape index (κ1) is 17.2. The van der Waals surface area contributed by atoms with Crippen molar-refractivity contribution in [3.8, 4) is 0 Å². The average molecular weight is 385 g/mol. The quantitative estimate of drug-likeness (QED) is 0.706. The van der Waals surface area contributed by atoms with Crippen molar-refractivity contribution in [3.63, 3.8) is 0 Å². The molecular weight excluding hydrogens is 370 g/mol. The second kappa shape index (κ2) is 9.13. The molecule has 0 saturated carbocycles. The number of pyridine rings is 1. The third-order valence-corrected chi connectivity index (χ3v) is 8.73. The van der Waals surface area contributed by atoms with Gasteiger partial charge in [-0.15, -0.1) is 0 Å². The summed E-state index contributed by atoms with van der Waals surface area (Å²) in [5.41, 5.74) is 0.0810. The molecule has 0 bridgehead atoms.